The maximum atomic E-state index is 12.1. The molecule has 3 saturated carbocycles. The van der Waals surface area contributed by atoms with E-state index >= 15 is 0 Å². The molecule has 0 aliphatic heterocycles. The zero-order chi connectivity index (χ0) is 18.1. The van der Waals surface area contributed by atoms with Crippen molar-refractivity contribution < 1.29 is 14.3 Å². The van der Waals surface area contributed by atoms with Crippen molar-refractivity contribution in [2.45, 2.75) is 37.3 Å². The van der Waals surface area contributed by atoms with Crippen molar-refractivity contribution >= 4 is 23.4 Å². The lowest BCUT2D eigenvalue weighted by molar-refractivity contribution is -0.150. The van der Waals surface area contributed by atoms with E-state index in [4.69, 9.17) is 16.3 Å². The highest BCUT2D eigenvalue weighted by molar-refractivity contribution is 6.30. The van der Waals surface area contributed by atoms with Crippen LogP contribution in [-0.4, -0.2) is 54.5 Å². The first kappa shape index (κ1) is 18.0. The fourth-order valence-corrected chi connectivity index (χ4v) is 3.88. The molecule has 6 nitrogen and oxygen atoms in total. The summed E-state index contributed by atoms with van der Waals surface area (Å²) in [5.41, 5.74) is -0.277. The van der Waals surface area contributed by atoms with E-state index < -0.39 is 0 Å². The van der Waals surface area contributed by atoms with Gasteiger partial charge < -0.3 is 15.4 Å². The lowest BCUT2D eigenvalue weighted by atomic mass is 9.44. The summed E-state index contributed by atoms with van der Waals surface area (Å²) in [5, 5.41) is 6.78. The number of rotatable bonds is 8. The van der Waals surface area contributed by atoms with Crippen molar-refractivity contribution in [3.8, 4) is 5.75 Å². The zero-order valence-corrected chi connectivity index (χ0v) is 15.4. The number of benzene rings is 1. The Hall–Kier alpha value is -1.79. The molecule has 136 valence electrons. The van der Waals surface area contributed by atoms with Crippen LogP contribution in [0.4, 0.5) is 0 Å². The molecule has 1 aromatic rings. The number of likely N-dealkylation sites (N-methyl/N-ethyl adjacent to an activating group) is 1. The molecule has 0 atom stereocenters. The van der Waals surface area contributed by atoms with Gasteiger partial charge in [-0.15, -0.1) is 0 Å². The molecule has 0 saturated heterocycles. The third-order valence-corrected chi connectivity index (χ3v) is 5.23. The van der Waals surface area contributed by atoms with Crippen molar-refractivity contribution in [1.29, 1.82) is 0 Å². The Bertz CT molecular complexity index is 642. The highest BCUT2D eigenvalue weighted by Crippen LogP contribution is 2.60. The predicted octanol–water partition coefficient (Wildman–Crippen LogP) is 1.58. The Labute approximate surface area is 152 Å². The van der Waals surface area contributed by atoms with Crippen LogP contribution < -0.4 is 15.4 Å². The van der Waals surface area contributed by atoms with Crippen molar-refractivity contribution in [2.24, 2.45) is 0 Å². The van der Waals surface area contributed by atoms with Gasteiger partial charge in [-0.1, -0.05) is 18.5 Å². The summed E-state index contributed by atoms with van der Waals surface area (Å²) in [5.74, 6) is 0.524. The summed E-state index contributed by atoms with van der Waals surface area (Å²) < 4.78 is 5.45. The maximum Gasteiger partial charge on any atom is 0.258 e. The van der Waals surface area contributed by atoms with Crippen LogP contribution in [0.1, 0.15) is 26.2 Å². The molecule has 3 aliphatic carbocycles. The molecule has 0 spiro atoms. The second kappa shape index (κ2) is 6.84. The summed E-state index contributed by atoms with van der Waals surface area (Å²) >= 11 is 5.81. The number of amides is 2. The standard InChI is InChI=1S/C18H24ClN3O3/c1-3-22(2)8-15(23)20-17-10-18(11-17,12-17)21-16(24)9-25-14-6-4-13(19)5-7-14/h4-7H,3,8-12H2,1-2H3,(H,20,23)(H,21,24). The van der Waals surface area contributed by atoms with Gasteiger partial charge in [-0.05, 0) is 57.1 Å². The van der Waals surface area contributed by atoms with E-state index in [2.05, 4.69) is 10.6 Å². The van der Waals surface area contributed by atoms with E-state index in [-0.39, 0.29) is 29.5 Å². The monoisotopic (exact) mass is 365 g/mol. The quantitative estimate of drug-likeness (QED) is 0.733. The number of hydrogen-bond donors (Lipinski definition) is 2. The van der Waals surface area contributed by atoms with Gasteiger partial charge in [-0.3, -0.25) is 14.5 Å². The average Bonchev–Trinajstić information content (AvgIpc) is 2.51. The number of hydrogen-bond acceptors (Lipinski definition) is 4. The van der Waals surface area contributed by atoms with Crippen LogP contribution in [0.3, 0.4) is 0 Å². The Morgan fingerprint density at radius 2 is 1.68 bits per heavy atom. The molecule has 7 heteroatoms. The van der Waals surface area contributed by atoms with Gasteiger partial charge in [0.25, 0.3) is 5.91 Å². The molecule has 0 unspecified atom stereocenters. The summed E-state index contributed by atoms with van der Waals surface area (Å²) in [6.07, 6.45) is 2.40. The third kappa shape index (κ3) is 4.07. The van der Waals surface area contributed by atoms with Gasteiger partial charge >= 0.3 is 0 Å². The minimum Gasteiger partial charge on any atom is -0.484 e. The number of carbonyl (C=O) groups is 2. The third-order valence-electron chi connectivity index (χ3n) is 4.98. The van der Waals surface area contributed by atoms with Gasteiger partial charge in [0.05, 0.1) is 6.54 Å². The molecule has 3 fully saturated rings. The molecule has 1 aromatic carbocycles. The summed E-state index contributed by atoms with van der Waals surface area (Å²) in [6, 6.07) is 6.90. The molecule has 3 aliphatic rings. The summed E-state index contributed by atoms with van der Waals surface area (Å²) in [4.78, 5) is 26.0. The van der Waals surface area contributed by atoms with E-state index in [1.165, 1.54) is 0 Å². The van der Waals surface area contributed by atoms with Crippen LogP contribution in [-0.2, 0) is 9.59 Å². The highest BCUT2D eigenvalue weighted by Gasteiger charge is 2.69. The van der Waals surface area contributed by atoms with Crippen LogP contribution in [0.25, 0.3) is 0 Å². The van der Waals surface area contributed by atoms with Gasteiger partial charge in [-0.25, -0.2) is 0 Å². The lowest BCUT2D eigenvalue weighted by Gasteiger charge is -2.70. The first-order valence-electron chi connectivity index (χ1n) is 8.53. The van der Waals surface area contributed by atoms with Crippen LogP contribution in [0.5, 0.6) is 5.75 Å². The maximum absolute atomic E-state index is 12.1. The molecule has 25 heavy (non-hydrogen) atoms. The van der Waals surface area contributed by atoms with Crippen molar-refractivity contribution in [3.63, 3.8) is 0 Å². The highest BCUT2D eigenvalue weighted by atomic mass is 35.5. The molecule has 2 amide bonds. The number of nitrogens with zero attached hydrogens (tertiary/aromatic N) is 1. The minimum absolute atomic E-state index is 0.0238. The number of carbonyl (C=O) groups excluding carboxylic acids is 2. The van der Waals surface area contributed by atoms with Crippen LogP contribution >= 0.6 is 11.6 Å². The SMILES string of the molecule is CCN(C)CC(=O)NC12CC(NC(=O)COc3ccc(Cl)cc3)(C1)C2. The Kier molecular flexibility index (Phi) is 4.93. The second-order valence-corrected chi connectivity index (χ2v) is 7.70. The first-order valence-corrected chi connectivity index (χ1v) is 8.90. The fraction of sp³-hybridized carbons (Fsp3) is 0.556. The average molecular weight is 366 g/mol. The van der Waals surface area contributed by atoms with E-state index in [0.717, 1.165) is 25.8 Å². The van der Waals surface area contributed by atoms with Gasteiger partial charge in [0.2, 0.25) is 5.91 Å². The Balaban J connectivity index is 1.38. The predicted molar refractivity (Wildman–Crippen MR) is 95.7 cm³/mol. The van der Waals surface area contributed by atoms with Crippen LogP contribution in [0.15, 0.2) is 24.3 Å². The van der Waals surface area contributed by atoms with E-state index in [9.17, 15) is 9.59 Å². The van der Waals surface area contributed by atoms with Crippen LogP contribution in [0, 0.1) is 0 Å². The Morgan fingerprint density at radius 1 is 1.12 bits per heavy atom. The van der Waals surface area contributed by atoms with Crippen molar-refractivity contribution in [1.82, 2.24) is 15.5 Å². The molecule has 0 aromatic heterocycles. The van der Waals surface area contributed by atoms with Gasteiger partial charge in [0, 0.05) is 16.1 Å². The molecule has 0 radical (unpaired) electrons. The van der Waals surface area contributed by atoms with Gasteiger partial charge in [0.1, 0.15) is 5.75 Å². The number of ether oxygens (including phenoxy) is 1. The molecule has 2 bridgehead atoms. The van der Waals surface area contributed by atoms with Crippen molar-refractivity contribution in [2.75, 3.05) is 26.7 Å². The number of halogens is 1. The van der Waals surface area contributed by atoms with E-state index in [1.807, 2.05) is 18.9 Å². The zero-order valence-electron chi connectivity index (χ0n) is 14.6. The lowest BCUT2D eigenvalue weighted by Crippen LogP contribution is -2.84. The summed E-state index contributed by atoms with van der Waals surface area (Å²) in [7, 11) is 1.92. The molecule has 2 N–H and O–H groups in total. The second-order valence-electron chi connectivity index (χ2n) is 7.26. The molecular formula is C18H24ClN3O3. The molecule has 0 heterocycles. The van der Waals surface area contributed by atoms with E-state index in [1.54, 1.807) is 24.3 Å². The topological polar surface area (TPSA) is 70.7 Å². The molecule has 4 rings (SSSR count). The minimum atomic E-state index is -0.162. The number of nitrogens with one attached hydrogen (secondary N) is 2. The summed E-state index contributed by atoms with van der Waals surface area (Å²) in [6.45, 7) is 3.25. The smallest absolute Gasteiger partial charge is 0.258 e. The van der Waals surface area contributed by atoms with Crippen LogP contribution in [0.2, 0.25) is 5.02 Å². The van der Waals surface area contributed by atoms with E-state index in [0.29, 0.717) is 17.3 Å². The molecular weight excluding hydrogens is 342 g/mol. The largest absolute Gasteiger partial charge is 0.484 e. The van der Waals surface area contributed by atoms with Gasteiger partial charge in [0.15, 0.2) is 6.61 Å². The normalized spacial score (nSPS) is 26.4. The Morgan fingerprint density at radius 3 is 2.24 bits per heavy atom. The first-order chi connectivity index (χ1) is 11.8. The van der Waals surface area contributed by atoms with Crippen molar-refractivity contribution in [3.05, 3.63) is 29.3 Å². The fourth-order valence-electron chi connectivity index (χ4n) is 3.76. The van der Waals surface area contributed by atoms with Gasteiger partial charge in [-0.2, -0.15) is 0 Å².